The molecule has 0 amide bonds. The molecule has 0 aromatic carbocycles. The fourth-order valence-electron chi connectivity index (χ4n) is 2.76. The van der Waals surface area contributed by atoms with E-state index < -0.39 is 5.97 Å². The van der Waals surface area contributed by atoms with Gasteiger partial charge in [-0.3, -0.25) is 0 Å². The Bertz CT molecular complexity index is 448. The molecule has 1 fully saturated rings. The molecule has 20 heavy (non-hydrogen) atoms. The maximum absolute atomic E-state index is 11.0. The van der Waals surface area contributed by atoms with Gasteiger partial charge < -0.3 is 19.7 Å². The molecule has 1 aliphatic rings. The van der Waals surface area contributed by atoms with Crippen molar-refractivity contribution in [3.63, 3.8) is 0 Å². The number of aromatic carboxylic acids is 1. The molecule has 2 heterocycles. The zero-order chi connectivity index (χ0) is 14.5. The number of carboxylic acids is 1. The summed E-state index contributed by atoms with van der Waals surface area (Å²) >= 11 is 0. The lowest BCUT2D eigenvalue weighted by molar-refractivity contribution is 0.0695. The van der Waals surface area contributed by atoms with E-state index in [0.29, 0.717) is 24.1 Å². The van der Waals surface area contributed by atoms with Crippen LogP contribution in [0.1, 0.15) is 48.1 Å². The maximum atomic E-state index is 11.0. The van der Waals surface area contributed by atoms with Gasteiger partial charge in [-0.25, -0.2) is 4.79 Å². The highest BCUT2D eigenvalue weighted by Crippen LogP contribution is 2.16. The van der Waals surface area contributed by atoms with Crippen molar-refractivity contribution in [2.45, 2.75) is 45.7 Å². The average Bonchev–Trinajstić information content (AvgIpc) is 2.80. The minimum Gasteiger partial charge on any atom is -0.478 e. The van der Waals surface area contributed by atoms with Crippen molar-refractivity contribution < 1.29 is 14.3 Å². The van der Waals surface area contributed by atoms with Crippen LogP contribution in [0.3, 0.4) is 0 Å². The topological polar surface area (TPSA) is 65.7 Å². The van der Waals surface area contributed by atoms with Crippen LogP contribution in [-0.2, 0) is 6.54 Å². The number of aryl methyl sites for hydroxylation is 1. The average molecular weight is 280 g/mol. The summed E-state index contributed by atoms with van der Waals surface area (Å²) in [5.74, 6) is 0.258. The van der Waals surface area contributed by atoms with Gasteiger partial charge in [0.2, 0.25) is 0 Å². The molecular formula is C15H24N2O3. The smallest absolute Gasteiger partial charge is 0.339 e. The predicted octanol–water partition coefficient (Wildman–Crippen LogP) is 2.25. The highest BCUT2D eigenvalue weighted by molar-refractivity contribution is 5.88. The first-order chi connectivity index (χ1) is 9.60. The van der Waals surface area contributed by atoms with E-state index in [1.807, 2.05) is 0 Å². The van der Waals surface area contributed by atoms with Gasteiger partial charge in [-0.05, 0) is 51.9 Å². The van der Waals surface area contributed by atoms with Gasteiger partial charge in [-0.15, -0.1) is 0 Å². The Hall–Kier alpha value is -1.33. The van der Waals surface area contributed by atoms with Gasteiger partial charge in [0.1, 0.15) is 17.1 Å². The van der Waals surface area contributed by atoms with Crippen LogP contribution in [0.5, 0.6) is 0 Å². The van der Waals surface area contributed by atoms with E-state index in [4.69, 9.17) is 9.52 Å². The molecule has 1 saturated heterocycles. The van der Waals surface area contributed by atoms with E-state index in [-0.39, 0.29) is 5.56 Å². The second-order valence-electron chi connectivity index (χ2n) is 5.48. The van der Waals surface area contributed by atoms with Crippen molar-refractivity contribution in [3.05, 3.63) is 23.2 Å². The van der Waals surface area contributed by atoms with Crippen LogP contribution in [0.2, 0.25) is 0 Å². The van der Waals surface area contributed by atoms with Crippen LogP contribution >= 0.6 is 0 Å². The third kappa shape index (κ3) is 3.84. The Morgan fingerprint density at radius 3 is 2.75 bits per heavy atom. The lowest BCUT2D eigenvalue weighted by Crippen LogP contribution is -2.42. The van der Waals surface area contributed by atoms with Crippen molar-refractivity contribution >= 4 is 5.97 Å². The molecule has 0 radical (unpaired) electrons. The summed E-state index contributed by atoms with van der Waals surface area (Å²) in [5.41, 5.74) is 0.263. The normalized spacial score (nSPS) is 17.5. The quantitative estimate of drug-likeness (QED) is 0.836. The molecule has 0 spiro atoms. The third-order valence-corrected chi connectivity index (χ3v) is 3.89. The van der Waals surface area contributed by atoms with Crippen LogP contribution in [-0.4, -0.2) is 41.7 Å². The Morgan fingerprint density at radius 1 is 1.50 bits per heavy atom. The molecule has 5 heteroatoms. The Kier molecular flexibility index (Phi) is 5.20. The van der Waals surface area contributed by atoms with Gasteiger partial charge >= 0.3 is 5.97 Å². The molecule has 0 saturated carbocycles. The van der Waals surface area contributed by atoms with Gasteiger partial charge in [-0.2, -0.15) is 0 Å². The first-order valence-corrected chi connectivity index (χ1v) is 7.38. The number of nitrogens with one attached hydrogen (secondary N) is 1. The lowest BCUT2D eigenvalue weighted by Gasteiger charge is -2.32. The molecule has 112 valence electrons. The number of hydrogen-bond donors (Lipinski definition) is 2. The van der Waals surface area contributed by atoms with Gasteiger partial charge in [0, 0.05) is 6.04 Å². The lowest BCUT2D eigenvalue weighted by atomic mass is 10.0. The van der Waals surface area contributed by atoms with Crippen molar-refractivity contribution in [1.82, 2.24) is 10.2 Å². The molecule has 1 aliphatic heterocycles. The van der Waals surface area contributed by atoms with Crippen molar-refractivity contribution in [2.75, 3.05) is 19.6 Å². The highest BCUT2D eigenvalue weighted by atomic mass is 16.4. The first kappa shape index (κ1) is 15.1. The molecule has 2 rings (SSSR count). The van der Waals surface area contributed by atoms with Crippen molar-refractivity contribution in [3.8, 4) is 0 Å². The van der Waals surface area contributed by atoms with E-state index >= 15 is 0 Å². The highest BCUT2D eigenvalue weighted by Gasteiger charge is 2.19. The second-order valence-corrected chi connectivity index (χ2v) is 5.48. The van der Waals surface area contributed by atoms with Gasteiger partial charge in [0.05, 0.1) is 6.54 Å². The molecule has 1 aromatic rings. The number of nitrogens with zero attached hydrogens (tertiary/aromatic N) is 1. The van der Waals surface area contributed by atoms with Gasteiger partial charge in [0.15, 0.2) is 0 Å². The number of likely N-dealkylation sites (tertiary alicyclic amines) is 1. The summed E-state index contributed by atoms with van der Waals surface area (Å²) in [6.07, 6.45) is 3.50. The maximum Gasteiger partial charge on any atom is 0.339 e. The first-order valence-electron chi connectivity index (χ1n) is 7.38. The summed E-state index contributed by atoms with van der Waals surface area (Å²) in [6.45, 7) is 7.98. The number of piperidine rings is 1. The number of rotatable bonds is 6. The summed E-state index contributed by atoms with van der Waals surface area (Å²) in [6, 6.07) is 2.12. The molecule has 5 nitrogen and oxygen atoms in total. The largest absolute Gasteiger partial charge is 0.478 e. The van der Waals surface area contributed by atoms with Crippen LogP contribution in [0.4, 0.5) is 0 Å². The van der Waals surface area contributed by atoms with E-state index in [1.165, 1.54) is 13.0 Å². The monoisotopic (exact) mass is 280 g/mol. The molecule has 2 N–H and O–H groups in total. The molecule has 0 unspecified atom stereocenters. The van der Waals surface area contributed by atoms with Crippen LogP contribution in [0.25, 0.3) is 0 Å². The SMILES string of the molecule is CCCN1CCC(NCc2cc(C(=O)O)c(C)o2)CC1. The second kappa shape index (κ2) is 6.90. The third-order valence-electron chi connectivity index (χ3n) is 3.89. The standard InChI is InChI=1S/C15H24N2O3/c1-3-6-17-7-4-12(5-8-17)16-10-13-9-14(15(18)19)11(2)20-13/h9,12,16H,3-8,10H2,1-2H3,(H,18,19). The van der Waals surface area contributed by atoms with Crippen molar-refractivity contribution in [2.24, 2.45) is 0 Å². The van der Waals surface area contributed by atoms with Crippen LogP contribution < -0.4 is 5.32 Å². The number of carboxylic acid groups (broad SMARTS) is 1. The van der Waals surface area contributed by atoms with E-state index in [2.05, 4.69) is 17.1 Å². The van der Waals surface area contributed by atoms with E-state index in [9.17, 15) is 4.79 Å². The Labute approximate surface area is 119 Å². The summed E-state index contributed by atoms with van der Waals surface area (Å²) < 4.78 is 5.47. The zero-order valence-electron chi connectivity index (χ0n) is 12.3. The minimum absolute atomic E-state index is 0.263. The number of carbonyl (C=O) groups is 1. The molecule has 0 aliphatic carbocycles. The van der Waals surface area contributed by atoms with Crippen LogP contribution in [0.15, 0.2) is 10.5 Å². The Balaban J connectivity index is 1.79. The van der Waals surface area contributed by atoms with E-state index in [1.54, 1.807) is 13.0 Å². The molecular weight excluding hydrogens is 256 g/mol. The molecule has 0 atom stereocenters. The fourth-order valence-corrected chi connectivity index (χ4v) is 2.76. The molecule has 1 aromatic heterocycles. The minimum atomic E-state index is -0.926. The van der Waals surface area contributed by atoms with Crippen molar-refractivity contribution in [1.29, 1.82) is 0 Å². The number of furan rings is 1. The van der Waals surface area contributed by atoms with Crippen LogP contribution in [0, 0.1) is 6.92 Å². The Morgan fingerprint density at radius 2 is 2.20 bits per heavy atom. The summed E-state index contributed by atoms with van der Waals surface area (Å²) in [5, 5.41) is 12.5. The van der Waals surface area contributed by atoms with Gasteiger partial charge in [-0.1, -0.05) is 6.92 Å². The molecule has 0 bridgehead atoms. The summed E-state index contributed by atoms with van der Waals surface area (Å²) in [7, 11) is 0. The predicted molar refractivity (Wildman–Crippen MR) is 77.0 cm³/mol. The van der Waals surface area contributed by atoms with Gasteiger partial charge in [0.25, 0.3) is 0 Å². The zero-order valence-corrected chi connectivity index (χ0v) is 12.3. The van der Waals surface area contributed by atoms with E-state index in [0.717, 1.165) is 25.9 Å². The fraction of sp³-hybridized carbons (Fsp3) is 0.667. The summed E-state index contributed by atoms with van der Waals surface area (Å²) in [4.78, 5) is 13.5. The number of hydrogen-bond acceptors (Lipinski definition) is 4.